The molecule has 0 aromatic carbocycles. The minimum atomic E-state index is -0.131. The number of carbonyl (C=O) groups excluding carboxylic acids is 2. The predicted octanol–water partition coefficient (Wildman–Crippen LogP) is 5.50. The number of carbonyl (C=O) groups is 2. The minimum absolute atomic E-state index is 0. The fourth-order valence-corrected chi connectivity index (χ4v) is 7.71. The van der Waals surface area contributed by atoms with Gasteiger partial charge in [0.05, 0.1) is 0 Å². The molecule has 2 N–H and O–H groups in total. The van der Waals surface area contributed by atoms with E-state index in [0.29, 0.717) is 35.2 Å². The number of allylic oxidation sites excluding steroid dienone is 2. The van der Waals surface area contributed by atoms with Crippen LogP contribution in [0.15, 0.2) is 12.2 Å². The molecule has 3 nitrogen and oxygen atoms in total. The number of ketones is 2. The van der Waals surface area contributed by atoms with E-state index >= 15 is 0 Å². The van der Waals surface area contributed by atoms with Crippen molar-refractivity contribution in [1.29, 1.82) is 0 Å². The van der Waals surface area contributed by atoms with Crippen LogP contribution in [-0.4, -0.2) is 18.1 Å². The molecule has 4 rings (SSSR count). The second-order valence-corrected chi connectivity index (χ2v) is 10.8. The third-order valence-electron chi connectivity index (χ3n) is 9.44. The van der Waals surface area contributed by atoms with Crippen LogP contribution >= 0.6 is 12.4 Å². The van der Waals surface area contributed by atoms with Crippen LogP contribution in [0.25, 0.3) is 0 Å². The van der Waals surface area contributed by atoms with Crippen LogP contribution < -0.4 is 5.73 Å². The van der Waals surface area contributed by atoms with E-state index in [0.717, 1.165) is 57.9 Å². The van der Waals surface area contributed by atoms with Gasteiger partial charge in [-0.3, -0.25) is 9.59 Å². The lowest BCUT2D eigenvalue weighted by molar-refractivity contribution is -0.157. The first kappa shape index (κ1) is 23.0. The summed E-state index contributed by atoms with van der Waals surface area (Å²) in [7, 11) is 0. The molecule has 0 heterocycles. The van der Waals surface area contributed by atoms with Crippen molar-refractivity contribution in [1.82, 2.24) is 0 Å². The molecule has 0 aromatic rings. The summed E-state index contributed by atoms with van der Waals surface area (Å²) in [5, 5.41) is 0. The van der Waals surface area contributed by atoms with Crippen LogP contribution in [0.3, 0.4) is 0 Å². The summed E-state index contributed by atoms with van der Waals surface area (Å²) in [5.74, 6) is 3.35. The lowest BCUT2D eigenvalue weighted by Crippen LogP contribution is -2.56. The van der Waals surface area contributed by atoms with Gasteiger partial charge in [0.25, 0.3) is 0 Å². The maximum Gasteiger partial charge on any atom is 0.139 e. The Kier molecular flexibility index (Phi) is 7.00. The van der Waals surface area contributed by atoms with Gasteiger partial charge in [0.2, 0.25) is 0 Å². The number of unbranched alkanes of at least 4 members (excludes halogenated alkanes) is 2. The highest BCUT2D eigenvalue weighted by molar-refractivity contribution is 5.88. The van der Waals surface area contributed by atoms with Crippen molar-refractivity contribution in [2.75, 3.05) is 6.54 Å². The Morgan fingerprint density at radius 1 is 1.07 bits per heavy atom. The zero-order chi connectivity index (χ0) is 19.9. The molecule has 7 atom stereocenters. The van der Waals surface area contributed by atoms with Crippen molar-refractivity contribution in [2.45, 2.75) is 84.5 Å². The Bertz CT molecular complexity index is 661. The molecule has 29 heavy (non-hydrogen) atoms. The van der Waals surface area contributed by atoms with Crippen LogP contribution in [0.1, 0.15) is 84.5 Å². The Morgan fingerprint density at radius 3 is 2.62 bits per heavy atom. The standard InChI is InChI=1S/C25H39NO2.ClH/c1-24-12-10-17(7-5-3-4-6-14-26)15-21(24)22(27)16-18-19-8-9-23(28)25(19,2)13-11-20(18)24;/h5,7,17-21H,3-4,6,8-16,26H2,1-2H3;1H/b7-5+;/t17-,18+,19+,20+,21?,24-,25+;/m1./s1. The second kappa shape index (κ2) is 8.83. The van der Waals surface area contributed by atoms with Crippen molar-refractivity contribution >= 4 is 24.0 Å². The summed E-state index contributed by atoms with van der Waals surface area (Å²) < 4.78 is 0. The fourth-order valence-electron chi connectivity index (χ4n) is 7.71. The van der Waals surface area contributed by atoms with Crippen molar-refractivity contribution in [3.05, 3.63) is 12.2 Å². The molecule has 0 radical (unpaired) electrons. The zero-order valence-electron chi connectivity index (χ0n) is 18.3. The quantitative estimate of drug-likeness (QED) is 0.470. The summed E-state index contributed by atoms with van der Waals surface area (Å²) >= 11 is 0. The van der Waals surface area contributed by atoms with Crippen LogP contribution in [0.4, 0.5) is 0 Å². The highest BCUT2D eigenvalue weighted by Crippen LogP contribution is 2.65. The molecule has 4 fully saturated rings. The lowest BCUT2D eigenvalue weighted by Gasteiger charge is -2.59. The van der Waals surface area contributed by atoms with Crippen LogP contribution in [0, 0.1) is 40.4 Å². The van der Waals surface area contributed by atoms with Crippen molar-refractivity contribution in [3.63, 3.8) is 0 Å². The minimum Gasteiger partial charge on any atom is -0.330 e. The lowest BCUT2D eigenvalue weighted by atomic mass is 9.44. The normalized spacial score (nSPS) is 44.2. The maximum atomic E-state index is 13.3. The molecular weight excluding hydrogens is 382 g/mol. The van der Waals surface area contributed by atoms with Gasteiger partial charge in [-0.05, 0) is 93.4 Å². The molecule has 4 saturated carbocycles. The van der Waals surface area contributed by atoms with Crippen molar-refractivity contribution in [3.8, 4) is 0 Å². The monoisotopic (exact) mass is 421 g/mol. The Morgan fingerprint density at radius 2 is 1.86 bits per heavy atom. The van der Waals surface area contributed by atoms with Crippen molar-refractivity contribution < 1.29 is 9.59 Å². The number of hydrogen-bond acceptors (Lipinski definition) is 3. The van der Waals surface area contributed by atoms with E-state index in [4.69, 9.17) is 5.73 Å². The highest BCUT2D eigenvalue weighted by atomic mass is 35.5. The predicted molar refractivity (Wildman–Crippen MR) is 120 cm³/mol. The van der Waals surface area contributed by atoms with E-state index in [1.54, 1.807) is 0 Å². The van der Waals surface area contributed by atoms with E-state index in [1.165, 1.54) is 19.3 Å². The van der Waals surface area contributed by atoms with Crippen LogP contribution in [0.2, 0.25) is 0 Å². The summed E-state index contributed by atoms with van der Waals surface area (Å²) in [4.78, 5) is 25.9. The fraction of sp³-hybridized carbons (Fsp3) is 0.840. The average molecular weight is 422 g/mol. The molecule has 0 saturated heterocycles. The molecule has 4 heteroatoms. The zero-order valence-corrected chi connectivity index (χ0v) is 19.1. The van der Waals surface area contributed by atoms with Gasteiger partial charge in [0.15, 0.2) is 0 Å². The molecule has 0 amide bonds. The van der Waals surface area contributed by atoms with E-state index in [9.17, 15) is 9.59 Å². The van der Waals surface area contributed by atoms with Gasteiger partial charge in [-0.1, -0.05) is 26.0 Å². The first-order chi connectivity index (χ1) is 13.4. The molecule has 0 aliphatic heterocycles. The van der Waals surface area contributed by atoms with Gasteiger partial charge >= 0.3 is 0 Å². The number of Topliss-reactive ketones (excluding diaryl/α,β-unsaturated/α-hetero) is 2. The smallest absolute Gasteiger partial charge is 0.139 e. The van der Waals surface area contributed by atoms with Crippen molar-refractivity contribution in [2.24, 2.45) is 46.2 Å². The Labute approximate surface area is 183 Å². The first-order valence-corrected chi connectivity index (χ1v) is 11.8. The van der Waals surface area contributed by atoms with E-state index in [2.05, 4.69) is 26.0 Å². The topological polar surface area (TPSA) is 60.2 Å². The second-order valence-electron chi connectivity index (χ2n) is 10.8. The number of halogens is 1. The molecule has 0 bridgehead atoms. The van der Waals surface area contributed by atoms with Gasteiger partial charge < -0.3 is 5.73 Å². The maximum absolute atomic E-state index is 13.3. The summed E-state index contributed by atoms with van der Waals surface area (Å²) in [6.45, 7) is 5.40. The first-order valence-electron chi connectivity index (χ1n) is 11.8. The number of fused-ring (bicyclic) bond motifs is 5. The van der Waals surface area contributed by atoms with Crippen LogP contribution in [0.5, 0.6) is 0 Å². The van der Waals surface area contributed by atoms with E-state index in [1.807, 2.05) is 0 Å². The van der Waals surface area contributed by atoms with Gasteiger partial charge in [0.1, 0.15) is 11.6 Å². The number of rotatable bonds is 5. The molecule has 1 unspecified atom stereocenters. The molecular formula is C25H40ClNO2. The highest BCUT2D eigenvalue weighted by Gasteiger charge is 2.62. The summed E-state index contributed by atoms with van der Waals surface area (Å²) in [6, 6.07) is 0. The molecule has 0 aromatic heterocycles. The number of nitrogens with two attached hydrogens (primary N) is 1. The van der Waals surface area contributed by atoms with Crippen LogP contribution in [-0.2, 0) is 9.59 Å². The number of hydrogen-bond donors (Lipinski definition) is 1. The largest absolute Gasteiger partial charge is 0.330 e. The third-order valence-corrected chi connectivity index (χ3v) is 9.44. The van der Waals surface area contributed by atoms with Gasteiger partial charge in [-0.15, -0.1) is 12.4 Å². The van der Waals surface area contributed by atoms with E-state index in [-0.39, 0.29) is 29.2 Å². The molecule has 4 aliphatic carbocycles. The summed E-state index contributed by atoms with van der Waals surface area (Å²) in [6.07, 6.45) is 16.3. The summed E-state index contributed by atoms with van der Waals surface area (Å²) in [5.41, 5.74) is 5.61. The molecule has 164 valence electrons. The van der Waals surface area contributed by atoms with Gasteiger partial charge in [-0.25, -0.2) is 0 Å². The Hall–Kier alpha value is -0.670. The Balaban J connectivity index is 0.00000240. The third kappa shape index (κ3) is 3.87. The molecule has 0 spiro atoms. The molecule has 4 aliphatic rings. The van der Waals surface area contributed by atoms with Gasteiger partial charge in [-0.2, -0.15) is 0 Å². The SMILES string of the molecule is C[C@]12CC[C@@H](/C=C/CCCCN)CC1C(=O)C[C@@H]1[C@@H]2CC[C@]2(C)C(=O)CC[C@@H]12.Cl. The van der Waals surface area contributed by atoms with Gasteiger partial charge in [0, 0.05) is 24.2 Å². The van der Waals surface area contributed by atoms with E-state index < -0.39 is 0 Å². The average Bonchev–Trinajstić information content (AvgIpc) is 2.98.